The van der Waals surface area contributed by atoms with Crippen LogP contribution in [0, 0.1) is 0 Å². The number of aryl methyl sites for hydroxylation is 1. The SMILES string of the molecule is CCn1nc(CN2CCC(NC(=O)c3cnccn3)CC2)c2c1CCOC2. The van der Waals surface area contributed by atoms with Crippen molar-refractivity contribution in [2.45, 2.75) is 51.9 Å². The van der Waals surface area contributed by atoms with Crippen LogP contribution in [0.25, 0.3) is 0 Å². The van der Waals surface area contributed by atoms with Crippen LogP contribution in [0.15, 0.2) is 18.6 Å². The molecule has 27 heavy (non-hydrogen) atoms. The summed E-state index contributed by atoms with van der Waals surface area (Å²) in [6.45, 7) is 7.24. The Morgan fingerprint density at radius 3 is 2.93 bits per heavy atom. The Hall–Kier alpha value is -2.32. The molecule has 0 bridgehead atoms. The fourth-order valence-electron chi connectivity index (χ4n) is 3.89. The van der Waals surface area contributed by atoms with E-state index in [1.165, 1.54) is 23.7 Å². The maximum Gasteiger partial charge on any atom is 0.271 e. The Balaban J connectivity index is 1.32. The average Bonchev–Trinajstić information content (AvgIpc) is 3.08. The van der Waals surface area contributed by atoms with Crippen molar-refractivity contribution in [3.63, 3.8) is 0 Å². The van der Waals surface area contributed by atoms with Gasteiger partial charge in [-0.25, -0.2) is 4.98 Å². The number of carbonyl (C=O) groups excluding carboxylic acids is 1. The molecule has 1 saturated heterocycles. The fourth-order valence-corrected chi connectivity index (χ4v) is 3.89. The molecule has 2 aromatic rings. The first kappa shape index (κ1) is 18.1. The van der Waals surface area contributed by atoms with Crippen molar-refractivity contribution in [3.05, 3.63) is 41.2 Å². The van der Waals surface area contributed by atoms with Crippen molar-refractivity contribution in [1.82, 2.24) is 30.0 Å². The zero-order valence-corrected chi connectivity index (χ0v) is 15.7. The molecule has 8 heteroatoms. The van der Waals surface area contributed by atoms with Crippen LogP contribution in [0.5, 0.6) is 0 Å². The molecule has 0 saturated carbocycles. The third-order valence-electron chi connectivity index (χ3n) is 5.37. The average molecular weight is 370 g/mol. The van der Waals surface area contributed by atoms with Gasteiger partial charge in [0.25, 0.3) is 5.91 Å². The van der Waals surface area contributed by atoms with Crippen LogP contribution in [0.4, 0.5) is 0 Å². The molecule has 0 aliphatic carbocycles. The van der Waals surface area contributed by atoms with Gasteiger partial charge in [0, 0.05) is 62.3 Å². The van der Waals surface area contributed by atoms with Gasteiger partial charge >= 0.3 is 0 Å². The number of hydrogen-bond acceptors (Lipinski definition) is 6. The van der Waals surface area contributed by atoms with E-state index in [1.807, 2.05) is 0 Å². The second-order valence-corrected chi connectivity index (χ2v) is 7.10. The first-order chi connectivity index (χ1) is 13.2. The molecule has 0 aromatic carbocycles. The highest BCUT2D eigenvalue weighted by Crippen LogP contribution is 2.23. The maximum absolute atomic E-state index is 12.2. The van der Waals surface area contributed by atoms with Crippen molar-refractivity contribution in [2.75, 3.05) is 19.7 Å². The standard InChI is InChI=1S/C19H26N6O2/c1-2-25-18-5-10-27-13-15(18)17(23-25)12-24-8-3-14(4-9-24)22-19(26)16-11-20-6-7-21-16/h6-7,11,14H,2-5,8-10,12-13H2,1H3,(H,22,26). The zero-order valence-electron chi connectivity index (χ0n) is 15.7. The number of carbonyl (C=O) groups is 1. The first-order valence-electron chi connectivity index (χ1n) is 9.69. The van der Waals surface area contributed by atoms with Crippen LogP contribution in [0.3, 0.4) is 0 Å². The number of ether oxygens (including phenoxy) is 1. The quantitative estimate of drug-likeness (QED) is 0.850. The number of aromatic nitrogens is 4. The van der Waals surface area contributed by atoms with Gasteiger partial charge in [0.15, 0.2) is 0 Å². The summed E-state index contributed by atoms with van der Waals surface area (Å²) < 4.78 is 7.78. The summed E-state index contributed by atoms with van der Waals surface area (Å²) in [6, 6.07) is 0.182. The second-order valence-electron chi connectivity index (χ2n) is 7.10. The van der Waals surface area contributed by atoms with E-state index in [4.69, 9.17) is 9.84 Å². The van der Waals surface area contributed by atoms with Crippen LogP contribution in [-0.4, -0.2) is 56.3 Å². The molecule has 1 amide bonds. The molecule has 0 atom stereocenters. The molecule has 1 fully saturated rings. The normalized spacial score (nSPS) is 18.3. The predicted octanol–water partition coefficient (Wildman–Crippen LogP) is 1.16. The lowest BCUT2D eigenvalue weighted by atomic mass is 10.0. The monoisotopic (exact) mass is 370 g/mol. The Kier molecular flexibility index (Phi) is 5.45. The van der Waals surface area contributed by atoms with Gasteiger partial charge < -0.3 is 10.1 Å². The van der Waals surface area contributed by atoms with Crippen molar-refractivity contribution >= 4 is 5.91 Å². The third-order valence-corrected chi connectivity index (χ3v) is 5.37. The molecule has 8 nitrogen and oxygen atoms in total. The summed E-state index contributed by atoms with van der Waals surface area (Å²) in [7, 11) is 0. The molecule has 1 N–H and O–H groups in total. The van der Waals surface area contributed by atoms with E-state index in [0.717, 1.165) is 57.7 Å². The molecular formula is C19H26N6O2. The van der Waals surface area contributed by atoms with E-state index >= 15 is 0 Å². The second kappa shape index (κ2) is 8.14. The van der Waals surface area contributed by atoms with Crippen LogP contribution >= 0.6 is 0 Å². The van der Waals surface area contributed by atoms with Crippen LogP contribution in [0.2, 0.25) is 0 Å². The van der Waals surface area contributed by atoms with E-state index in [-0.39, 0.29) is 11.9 Å². The summed E-state index contributed by atoms with van der Waals surface area (Å²) in [5, 5.41) is 7.90. The number of piperidine rings is 1. The molecular weight excluding hydrogens is 344 g/mol. The molecule has 2 aliphatic heterocycles. The molecule has 0 spiro atoms. The van der Waals surface area contributed by atoms with Gasteiger partial charge in [-0.1, -0.05) is 0 Å². The smallest absolute Gasteiger partial charge is 0.271 e. The Morgan fingerprint density at radius 2 is 2.19 bits per heavy atom. The lowest BCUT2D eigenvalue weighted by Crippen LogP contribution is -2.44. The minimum absolute atomic E-state index is 0.144. The predicted molar refractivity (Wildman–Crippen MR) is 99.1 cm³/mol. The molecule has 4 heterocycles. The number of likely N-dealkylation sites (tertiary alicyclic amines) is 1. The molecule has 144 valence electrons. The van der Waals surface area contributed by atoms with Gasteiger partial charge in [-0.05, 0) is 19.8 Å². The maximum atomic E-state index is 12.2. The minimum Gasteiger partial charge on any atom is -0.376 e. The summed E-state index contributed by atoms with van der Waals surface area (Å²) in [4.78, 5) is 22.7. The first-order valence-corrected chi connectivity index (χ1v) is 9.69. The van der Waals surface area contributed by atoms with E-state index in [0.29, 0.717) is 12.3 Å². The largest absolute Gasteiger partial charge is 0.376 e. The Bertz CT molecular complexity index is 783. The molecule has 4 rings (SSSR count). The number of nitrogens with zero attached hydrogens (tertiary/aromatic N) is 5. The summed E-state index contributed by atoms with van der Waals surface area (Å²) in [6.07, 6.45) is 7.42. The van der Waals surface area contributed by atoms with E-state index in [9.17, 15) is 4.79 Å². The fraction of sp³-hybridized carbons (Fsp3) is 0.579. The van der Waals surface area contributed by atoms with Crippen molar-refractivity contribution < 1.29 is 9.53 Å². The van der Waals surface area contributed by atoms with Gasteiger partial charge in [0.05, 0.1) is 25.1 Å². The zero-order chi connectivity index (χ0) is 18.6. The van der Waals surface area contributed by atoms with Crippen LogP contribution in [0.1, 0.15) is 47.2 Å². The molecule has 2 aromatic heterocycles. The van der Waals surface area contributed by atoms with Gasteiger partial charge in [-0.3, -0.25) is 19.4 Å². The number of hydrogen-bond donors (Lipinski definition) is 1. The van der Waals surface area contributed by atoms with Gasteiger partial charge in [-0.15, -0.1) is 0 Å². The van der Waals surface area contributed by atoms with Crippen LogP contribution < -0.4 is 5.32 Å². The van der Waals surface area contributed by atoms with Crippen molar-refractivity contribution in [3.8, 4) is 0 Å². The summed E-state index contributed by atoms with van der Waals surface area (Å²) in [5.41, 5.74) is 4.14. The van der Waals surface area contributed by atoms with Gasteiger partial charge in [-0.2, -0.15) is 5.10 Å². The third kappa shape index (κ3) is 4.01. The van der Waals surface area contributed by atoms with E-state index < -0.39 is 0 Å². The number of fused-ring (bicyclic) bond motifs is 1. The summed E-state index contributed by atoms with van der Waals surface area (Å²) in [5.74, 6) is -0.144. The number of nitrogens with one attached hydrogen (secondary N) is 1. The molecule has 2 aliphatic rings. The lowest BCUT2D eigenvalue weighted by molar-refractivity contribution is 0.0901. The molecule has 0 unspecified atom stereocenters. The number of amides is 1. The van der Waals surface area contributed by atoms with E-state index in [1.54, 1.807) is 6.20 Å². The van der Waals surface area contributed by atoms with Gasteiger partial charge in [0.2, 0.25) is 0 Å². The highest BCUT2D eigenvalue weighted by Gasteiger charge is 2.25. The topological polar surface area (TPSA) is 85.2 Å². The van der Waals surface area contributed by atoms with E-state index in [2.05, 4.69) is 31.8 Å². The van der Waals surface area contributed by atoms with Crippen molar-refractivity contribution in [2.24, 2.45) is 0 Å². The highest BCUT2D eigenvalue weighted by molar-refractivity contribution is 5.92. The molecule has 0 radical (unpaired) electrons. The highest BCUT2D eigenvalue weighted by atomic mass is 16.5. The van der Waals surface area contributed by atoms with Gasteiger partial charge in [0.1, 0.15) is 5.69 Å². The summed E-state index contributed by atoms with van der Waals surface area (Å²) >= 11 is 0. The lowest BCUT2D eigenvalue weighted by Gasteiger charge is -2.32. The Morgan fingerprint density at radius 1 is 1.33 bits per heavy atom. The minimum atomic E-state index is -0.144. The Labute approximate surface area is 158 Å². The van der Waals surface area contributed by atoms with Crippen LogP contribution in [-0.2, 0) is 30.9 Å². The number of rotatable bonds is 5. The van der Waals surface area contributed by atoms with Crippen molar-refractivity contribution in [1.29, 1.82) is 0 Å².